The summed E-state index contributed by atoms with van der Waals surface area (Å²) in [7, 11) is 0. The van der Waals surface area contributed by atoms with E-state index in [1.54, 1.807) is 12.1 Å². The van der Waals surface area contributed by atoms with E-state index in [9.17, 15) is 5.26 Å². The highest BCUT2D eigenvalue weighted by Crippen LogP contribution is 2.23. The quantitative estimate of drug-likeness (QED) is 0.751. The molecule has 0 fully saturated rings. The molecule has 0 amide bonds. The standard InChI is InChI=1S/C16H10ClN3/c17-13-5-7-14(8-6-13)19-16-12(10-18)9-11-3-1-2-4-15(11)20-16/h1-9H,(H,19,20). The minimum absolute atomic E-state index is 0.513. The Morgan fingerprint density at radius 1 is 1.05 bits per heavy atom. The lowest BCUT2D eigenvalue weighted by Gasteiger charge is -2.08. The fraction of sp³-hybridized carbons (Fsp3) is 0. The highest BCUT2D eigenvalue weighted by molar-refractivity contribution is 6.30. The number of hydrogen-bond acceptors (Lipinski definition) is 3. The molecule has 0 saturated carbocycles. The van der Waals surface area contributed by atoms with Crippen molar-refractivity contribution in [2.45, 2.75) is 0 Å². The molecule has 3 aromatic rings. The number of anilines is 2. The molecule has 20 heavy (non-hydrogen) atoms. The van der Waals surface area contributed by atoms with Crippen molar-refractivity contribution in [3.05, 3.63) is 65.2 Å². The first-order valence-electron chi connectivity index (χ1n) is 6.09. The molecule has 96 valence electrons. The first kappa shape index (κ1) is 12.5. The Hall–Kier alpha value is -2.57. The van der Waals surface area contributed by atoms with Crippen LogP contribution < -0.4 is 5.32 Å². The molecule has 0 atom stereocenters. The molecule has 0 aliphatic heterocycles. The topological polar surface area (TPSA) is 48.7 Å². The van der Waals surface area contributed by atoms with Gasteiger partial charge in [0, 0.05) is 16.1 Å². The number of aromatic nitrogens is 1. The van der Waals surface area contributed by atoms with Crippen LogP contribution >= 0.6 is 11.6 Å². The lowest BCUT2D eigenvalue weighted by molar-refractivity contribution is 1.34. The second-order valence-electron chi connectivity index (χ2n) is 4.32. The fourth-order valence-electron chi connectivity index (χ4n) is 1.97. The van der Waals surface area contributed by atoms with Crippen LogP contribution in [0.1, 0.15) is 5.56 Å². The third-order valence-electron chi connectivity index (χ3n) is 2.95. The maximum absolute atomic E-state index is 9.25. The molecule has 0 spiro atoms. The monoisotopic (exact) mass is 279 g/mol. The van der Waals surface area contributed by atoms with Gasteiger partial charge in [0.25, 0.3) is 0 Å². The molecule has 0 unspecified atom stereocenters. The van der Waals surface area contributed by atoms with Crippen LogP contribution in [-0.2, 0) is 0 Å². The number of nitrogens with one attached hydrogen (secondary N) is 1. The van der Waals surface area contributed by atoms with Gasteiger partial charge in [0.05, 0.1) is 11.1 Å². The van der Waals surface area contributed by atoms with Crippen LogP contribution in [-0.4, -0.2) is 4.98 Å². The minimum atomic E-state index is 0.513. The van der Waals surface area contributed by atoms with Gasteiger partial charge in [-0.3, -0.25) is 0 Å². The minimum Gasteiger partial charge on any atom is -0.339 e. The van der Waals surface area contributed by atoms with E-state index in [0.717, 1.165) is 16.6 Å². The van der Waals surface area contributed by atoms with E-state index in [-0.39, 0.29) is 0 Å². The van der Waals surface area contributed by atoms with Crippen LogP contribution in [0.3, 0.4) is 0 Å². The Labute approximate surface area is 121 Å². The Balaban J connectivity index is 2.06. The van der Waals surface area contributed by atoms with Gasteiger partial charge >= 0.3 is 0 Å². The number of hydrogen-bond donors (Lipinski definition) is 1. The van der Waals surface area contributed by atoms with Gasteiger partial charge in [0.2, 0.25) is 0 Å². The Morgan fingerprint density at radius 2 is 1.80 bits per heavy atom. The predicted molar refractivity (Wildman–Crippen MR) is 81.2 cm³/mol. The van der Waals surface area contributed by atoms with Gasteiger partial charge in [0.15, 0.2) is 0 Å². The van der Waals surface area contributed by atoms with Crippen molar-refractivity contribution in [3.63, 3.8) is 0 Å². The third kappa shape index (κ3) is 2.42. The molecule has 0 bridgehead atoms. The lowest BCUT2D eigenvalue weighted by Crippen LogP contribution is -1.97. The number of para-hydroxylation sites is 1. The Kier molecular flexibility index (Phi) is 3.24. The van der Waals surface area contributed by atoms with Crippen molar-refractivity contribution in [2.75, 3.05) is 5.32 Å². The van der Waals surface area contributed by atoms with Crippen molar-refractivity contribution in [2.24, 2.45) is 0 Å². The largest absolute Gasteiger partial charge is 0.339 e. The summed E-state index contributed by atoms with van der Waals surface area (Å²) >= 11 is 5.86. The van der Waals surface area contributed by atoms with Gasteiger partial charge in [-0.2, -0.15) is 5.26 Å². The van der Waals surface area contributed by atoms with E-state index in [0.29, 0.717) is 16.4 Å². The molecule has 0 radical (unpaired) electrons. The molecule has 4 heteroatoms. The summed E-state index contributed by atoms with van der Waals surface area (Å²) < 4.78 is 0. The van der Waals surface area contributed by atoms with E-state index in [4.69, 9.17) is 11.6 Å². The molecule has 0 aliphatic carbocycles. The summed E-state index contributed by atoms with van der Waals surface area (Å²) in [6.45, 7) is 0. The summed E-state index contributed by atoms with van der Waals surface area (Å²) in [5.74, 6) is 0.550. The van der Waals surface area contributed by atoms with Gasteiger partial charge in [0.1, 0.15) is 11.9 Å². The number of halogens is 1. The first-order valence-corrected chi connectivity index (χ1v) is 6.46. The van der Waals surface area contributed by atoms with E-state index in [1.807, 2.05) is 42.5 Å². The molecule has 0 aliphatic rings. The molecule has 1 N–H and O–H groups in total. The summed E-state index contributed by atoms with van der Waals surface area (Å²) in [4.78, 5) is 4.50. The van der Waals surface area contributed by atoms with E-state index in [2.05, 4.69) is 16.4 Å². The highest BCUT2D eigenvalue weighted by Gasteiger charge is 2.06. The molecule has 3 nitrogen and oxygen atoms in total. The SMILES string of the molecule is N#Cc1cc2ccccc2nc1Nc1ccc(Cl)cc1. The van der Waals surface area contributed by atoms with Crippen LogP contribution in [0, 0.1) is 11.3 Å². The van der Waals surface area contributed by atoms with Crippen molar-refractivity contribution in [3.8, 4) is 6.07 Å². The predicted octanol–water partition coefficient (Wildman–Crippen LogP) is 4.50. The molecular formula is C16H10ClN3. The van der Waals surface area contributed by atoms with Crippen LogP contribution in [0.25, 0.3) is 10.9 Å². The second kappa shape index (κ2) is 5.20. The van der Waals surface area contributed by atoms with Gasteiger partial charge in [-0.15, -0.1) is 0 Å². The van der Waals surface area contributed by atoms with Gasteiger partial charge in [-0.1, -0.05) is 29.8 Å². The summed E-state index contributed by atoms with van der Waals surface area (Å²) in [5, 5.41) is 14.0. The average molecular weight is 280 g/mol. The van der Waals surface area contributed by atoms with Crippen LogP contribution in [0.4, 0.5) is 11.5 Å². The molecule has 3 rings (SSSR count). The van der Waals surface area contributed by atoms with Gasteiger partial charge in [-0.05, 0) is 36.4 Å². The number of pyridine rings is 1. The number of nitriles is 1. The zero-order chi connectivity index (χ0) is 13.9. The molecule has 2 aromatic carbocycles. The summed E-state index contributed by atoms with van der Waals surface area (Å²) in [5.41, 5.74) is 2.20. The zero-order valence-electron chi connectivity index (χ0n) is 10.5. The molecule has 1 heterocycles. The number of rotatable bonds is 2. The van der Waals surface area contributed by atoms with E-state index >= 15 is 0 Å². The highest BCUT2D eigenvalue weighted by atomic mass is 35.5. The second-order valence-corrected chi connectivity index (χ2v) is 4.76. The fourth-order valence-corrected chi connectivity index (χ4v) is 2.09. The molecular weight excluding hydrogens is 270 g/mol. The van der Waals surface area contributed by atoms with Crippen molar-refractivity contribution in [1.29, 1.82) is 5.26 Å². The van der Waals surface area contributed by atoms with Crippen molar-refractivity contribution in [1.82, 2.24) is 4.98 Å². The average Bonchev–Trinajstić information content (AvgIpc) is 2.49. The number of nitrogens with zero attached hydrogens (tertiary/aromatic N) is 2. The van der Waals surface area contributed by atoms with Crippen LogP contribution in [0.15, 0.2) is 54.6 Å². The summed E-state index contributed by atoms with van der Waals surface area (Å²) in [6, 6.07) is 19.0. The Morgan fingerprint density at radius 3 is 2.55 bits per heavy atom. The third-order valence-corrected chi connectivity index (χ3v) is 3.20. The normalized spacial score (nSPS) is 10.2. The van der Waals surface area contributed by atoms with Crippen LogP contribution in [0.2, 0.25) is 5.02 Å². The number of fused-ring (bicyclic) bond motifs is 1. The van der Waals surface area contributed by atoms with Gasteiger partial charge in [-0.25, -0.2) is 4.98 Å². The number of benzene rings is 2. The van der Waals surface area contributed by atoms with E-state index < -0.39 is 0 Å². The maximum Gasteiger partial charge on any atom is 0.149 e. The molecule has 0 saturated heterocycles. The zero-order valence-corrected chi connectivity index (χ0v) is 11.2. The first-order chi connectivity index (χ1) is 9.76. The van der Waals surface area contributed by atoms with Gasteiger partial charge < -0.3 is 5.32 Å². The smallest absolute Gasteiger partial charge is 0.149 e. The Bertz CT molecular complexity index is 804. The van der Waals surface area contributed by atoms with E-state index in [1.165, 1.54) is 0 Å². The maximum atomic E-state index is 9.25. The van der Waals surface area contributed by atoms with Crippen molar-refractivity contribution < 1.29 is 0 Å². The summed E-state index contributed by atoms with van der Waals surface area (Å²) in [6.07, 6.45) is 0. The lowest BCUT2D eigenvalue weighted by atomic mass is 10.1. The van der Waals surface area contributed by atoms with Crippen LogP contribution in [0.5, 0.6) is 0 Å². The molecule has 1 aromatic heterocycles. The van der Waals surface area contributed by atoms with Crippen molar-refractivity contribution >= 4 is 34.0 Å².